The summed E-state index contributed by atoms with van der Waals surface area (Å²) in [4.78, 5) is 46.9. The number of methoxy groups -OCH3 is 2. The molecule has 2 heterocycles. The number of primary amides is 1. The summed E-state index contributed by atoms with van der Waals surface area (Å²) in [5.41, 5.74) is 4.63. The molecule has 3 N–H and O–H groups in total. The predicted octanol–water partition coefficient (Wildman–Crippen LogP) is 1.80. The van der Waals surface area contributed by atoms with Crippen LogP contribution in [0.4, 0.5) is 5.69 Å². The lowest BCUT2D eigenvalue weighted by Crippen LogP contribution is -2.16. The maximum Gasteiger partial charge on any atom is 0.332 e. The fraction of sp³-hybridized carbons (Fsp3) is 0.100. The van der Waals surface area contributed by atoms with Gasteiger partial charge in [0.1, 0.15) is 17.0 Å². The van der Waals surface area contributed by atoms with E-state index in [1.807, 2.05) is 0 Å². The Labute approximate surface area is 179 Å². The molecule has 0 atom stereocenters. The van der Waals surface area contributed by atoms with Crippen molar-refractivity contribution in [2.24, 2.45) is 5.73 Å². The predicted molar refractivity (Wildman–Crippen MR) is 113 cm³/mol. The van der Waals surface area contributed by atoms with E-state index in [4.69, 9.17) is 15.2 Å². The summed E-state index contributed by atoms with van der Waals surface area (Å²) in [6, 6.07) is 10.5. The lowest BCUT2D eigenvalue weighted by molar-refractivity contribution is -0.384. The van der Waals surface area contributed by atoms with Gasteiger partial charge in [-0.15, -0.1) is 0 Å². The van der Waals surface area contributed by atoms with Gasteiger partial charge in [0.05, 0.1) is 30.4 Å². The van der Waals surface area contributed by atoms with Gasteiger partial charge < -0.3 is 20.2 Å². The number of ether oxygens (including phenoxy) is 2. The first-order valence-electron chi connectivity index (χ1n) is 9.14. The Kier molecular flexibility index (Phi) is 5.02. The minimum absolute atomic E-state index is 0.00424. The molecule has 0 radical (unpaired) electrons. The highest BCUT2D eigenvalue weighted by molar-refractivity contribution is 6.02. The molecule has 0 fully saturated rings. The average molecular weight is 436 g/mol. The number of nitro groups is 1. The number of H-pyrrole nitrogens is 1. The van der Waals surface area contributed by atoms with Crippen LogP contribution in [0, 0.1) is 10.1 Å². The zero-order valence-corrected chi connectivity index (χ0v) is 16.9. The summed E-state index contributed by atoms with van der Waals surface area (Å²) < 4.78 is 11.7. The Balaban J connectivity index is 2.09. The molecule has 4 rings (SSSR count). The first-order chi connectivity index (χ1) is 15.3. The van der Waals surface area contributed by atoms with Crippen LogP contribution in [0.3, 0.4) is 0 Å². The molecule has 0 unspecified atom stereocenters. The highest BCUT2D eigenvalue weighted by atomic mass is 16.6. The number of hydrogen-bond acceptors (Lipinski definition) is 8. The number of aromatic amines is 1. The number of benzene rings is 2. The maximum absolute atomic E-state index is 12.9. The number of amides is 1. The first kappa shape index (κ1) is 20.5. The quantitative estimate of drug-likeness (QED) is 0.340. The fourth-order valence-electron chi connectivity index (χ4n) is 3.30. The molecule has 0 aliphatic heterocycles. The second kappa shape index (κ2) is 7.83. The maximum atomic E-state index is 12.9. The van der Waals surface area contributed by atoms with E-state index in [2.05, 4.69) is 15.0 Å². The average Bonchev–Trinajstić information content (AvgIpc) is 3.13. The number of nitro benzene ring substituents is 1. The van der Waals surface area contributed by atoms with Crippen LogP contribution in [0.1, 0.15) is 10.5 Å². The first-order valence-corrected chi connectivity index (χ1v) is 9.14. The molecule has 0 spiro atoms. The molecule has 162 valence electrons. The fourth-order valence-corrected chi connectivity index (χ4v) is 3.30. The topological polar surface area (TPSA) is 168 Å². The van der Waals surface area contributed by atoms with Crippen molar-refractivity contribution < 1.29 is 19.2 Å². The Morgan fingerprint density at radius 3 is 2.56 bits per heavy atom. The number of rotatable bonds is 6. The lowest BCUT2D eigenvalue weighted by atomic mass is 10.1. The number of nitrogens with one attached hydrogen (secondary N) is 1. The number of aromatic nitrogens is 4. The van der Waals surface area contributed by atoms with Gasteiger partial charge in [-0.2, -0.15) is 0 Å². The lowest BCUT2D eigenvalue weighted by Gasteiger charge is -2.11. The van der Waals surface area contributed by atoms with Gasteiger partial charge in [-0.3, -0.25) is 14.9 Å². The van der Waals surface area contributed by atoms with Crippen LogP contribution in [0.15, 0.2) is 47.3 Å². The third kappa shape index (κ3) is 3.29. The van der Waals surface area contributed by atoms with E-state index >= 15 is 0 Å². The van der Waals surface area contributed by atoms with Crippen molar-refractivity contribution in [2.45, 2.75) is 0 Å². The molecule has 0 bridgehead atoms. The summed E-state index contributed by atoms with van der Waals surface area (Å²) >= 11 is 0. The molecule has 32 heavy (non-hydrogen) atoms. The van der Waals surface area contributed by atoms with Gasteiger partial charge >= 0.3 is 5.69 Å². The third-order valence-corrected chi connectivity index (χ3v) is 4.74. The minimum atomic E-state index is -0.938. The van der Waals surface area contributed by atoms with E-state index < -0.39 is 16.5 Å². The molecule has 0 saturated carbocycles. The molecule has 12 nitrogen and oxygen atoms in total. The van der Waals surface area contributed by atoms with Crippen LogP contribution in [-0.4, -0.2) is 44.6 Å². The monoisotopic (exact) mass is 436 g/mol. The molecule has 1 amide bonds. The third-order valence-electron chi connectivity index (χ3n) is 4.74. The minimum Gasteiger partial charge on any atom is -0.497 e. The van der Waals surface area contributed by atoms with Crippen molar-refractivity contribution in [2.75, 3.05) is 14.2 Å². The van der Waals surface area contributed by atoms with Gasteiger partial charge in [0.25, 0.3) is 11.6 Å². The van der Waals surface area contributed by atoms with Crippen LogP contribution in [0.25, 0.3) is 28.2 Å². The van der Waals surface area contributed by atoms with Crippen molar-refractivity contribution in [1.82, 2.24) is 19.5 Å². The number of hydrogen-bond donors (Lipinski definition) is 2. The Morgan fingerprint density at radius 1 is 1.16 bits per heavy atom. The molecule has 0 saturated heterocycles. The summed E-state index contributed by atoms with van der Waals surface area (Å²) in [5.74, 6) is -0.295. The number of para-hydroxylation sites is 1. The van der Waals surface area contributed by atoms with Crippen molar-refractivity contribution in [3.8, 4) is 28.6 Å². The van der Waals surface area contributed by atoms with Gasteiger partial charge in [-0.1, -0.05) is 12.1 Å². The number of nitrogens with zero attached hydrogens (tertiary/aromatic N) is 4. The van der Waals surface area contributed by atoms with E-state index in [1.54, 1.807) is 24.3 Å². The molecule has 0 aliphatic carbocycles. The van der Waals surface area contributed by atoms with Crippen LogP contribution >= 0.6 is 0 Å². The molecule has 12 heteroatoms. The van der Waals surface area contributed by atoms with Gasteiger partial charge in [0.15, 0.2) is 17.2 Å². The number of imidazole rings is 1. The Morgan fingerprint density at radius 2 is 1.91 bits per heavy atom. The number of fused-ring (bicyclic) bond motifs is 1. The van der Waals surface area contributed by atoms with E-state index in [0.29, 0.717) is 17.2 Å². The number of carbonyl (C=O) groups excluding carboxylic acids is 1. The van der Waals surface area contributed by atoms with Gasteiger partial charge in [-0.25, -0.2) is 19.3 Å². The number of carbonyl (C=O) groups is 1. The van der Waals surface area contributed by atoms with Crippen LogP contribution in [0.2, 0.25) is 0 Å². The van der Waals surface area contributed by atoms with Gasteiger partial charge in [-0.05, 0) is 18.2 Å². The second-order valence-corrected chi connectivity index (χ2v) is 6.54. The Hall–Kier alpha value is -4.74. The summed E-state index contributed by atoms with van der Waals surface area (Å²) in [6.07, 6.45) is 0. The van der Waals surface area contributed by atoms with E-state index in [1.165, 1.54) is 37.0 Å². The molecular weight excluding hydrogens is 420 g/mol. The van der Waals surface area contributed by atoms with Crippen LogP contribution < -0.4 is 20.9 Å². The standard InChI is InChI=1S/C20H16N6O6/c1-31-10-7-8-13(14(9-10)32-2)25-19-16(23-20(25)28)15(17(21)27)22-18(24-19)11-5-3-4-6-12(11)26(29)30/h3-9H,1-2H3,(H2,21,27)(H,23,28). The van der Waals surface area contributed by atoms with E-state index in [-0.39, 0.29) is 33.9 Å². The molecule has 2 aromatic heterocycles. The zero-order valence-electron chi connectivity index (χ0n) is 16.9. The van der Waals surface area contributed by atoms with E-state index in [9.17, 15) is 19.7 Å². The van der Waals surface area contributed by atoms with Crippen molar-refractivity contribution in [3.05, 3.63) is 68.8 Å². The molecule has 2 aromatic carbocycles. The normalized spacial score (nSPS) is 10.8. The van der Waals surface area contributed by atoms with Gasteiger partial charge in [0.2, 0.25) is 0 Å². The summed E-state index contributed by atoms with van der Waals surface area (Å²) in [6.45, 7) is 0. The SMILES string of the molecule is COc1ccc(-n2c(=O)[nH]c3c(C(N)=O)nc(-c4ccccc4[N+](=O)[O-])nc32)c(OC)c1. The van der Waals surface area contributed by atoms with Crippen LogP contribution in [0.5, 0.6) is 11.5 Å². The highest BCUT2D eigenvalue weighted by Crippen LogP contribution is 2.31. The largest absolute Gasteiger partial charge is 0.497 e. The highest BCUT2D eigenvalue weighted by Gasteiger charge is 2.24. The van der Waals surface area contributed by atoms with Gasteiger partial charge in [0, 0.05) is 12.1 Å². The van der Waals surface area contributed by atoms with E-state index in [0.717, 1.165) is 0 Å². The van der Waals surface area contributed by atoms with Crippen molar-refractivity contribution in [3.63, 3.8) is 0 Å². The van der Waals surface area contributed by atoms with Crippen molar-refractivity contribution in [1.29, 1.82) is 0 Å². The number of nitrogens with two attached hydrogens (primary N) is 1. The molecular formula is C20H16N6O6. The van der Waals surface area contributed by atoms with Crippen molar-refractivity contribution >= 4 is 22.8 Å². The Bertz CT molecular complexity index is 1440. The summed E-state index contributed by atoms with van der Waals surface area (Å²) in [7, 11) is 2.90. The molecule has 4 aromatic rings. The molecule has 0 aliphatic rings. The summed E-state index contributed by atoms with van der Waals surface area (Å²) in [5, 5.41) is 11.5. The smallest absolute Gasteiger partial charge is 0.332 e. The zero-order chi connectivity index (χ0) is 23.0. The second-order valence-electron chi connectivity index (χ2n) is 6.54. The van der Waals surface area contributed by atoms with Crippen LogP contribution in [-0.2, 0) is 0 Å².